The molecule has 0 radical (unpaired) electrons. The van der Waals surface area contributed by atoms with Crippen LogP contribution in [-0.4, -0.2) is 37.4 Å². The molecule has 2 aliphatic rings. The third-order valence-electron chi connectivity index (χ3n) is 4.89. The van der Waals surface area contributed by atoms with Gasteiger partial charge in [0.2, 0.25) is 5.91 Å². The third kappa shape index (κ3) is 4.30. The van der Waals surface area contributed by atoms with E-state index < -0.39 is 11.6 Å². The second-order valence-corrected chi connectivity index (χ2v) is 6.65. The van der Waals surface area contributed by atoms with Crippen molar-refractivity contribution in [2.24, 2.45) is 0 Å². The molecular weight excluding hydrogens is 316 g/mol. The molecule has 2 aliphatic heterocycles. The molecule has 1 atom stereocenters. The highest BCUT2D eigenvalue weighted by molar-refractivity contribution is 5.76. The fourth-order valence-corrected chi connectivity index (χ4v) is 3.50. The van der Waals surface area contributed by atoms with Gasteiger partial charge in [0.1, 0.15) is 0 Å². The molecule has 0 unspecified atom stereocenters. The van der Waals surface area contributed by atoms with Gasteiger partial charge in [-0.05, 0) is 49.8 Å². The SMILES string of the molecule is O=C(CCc1ccc(F)c(F)c1)N[C@@H]1CCOC2(CCOCC2)C1. The molecule has 0 aromatic heterocycles. The van der Waals surface area contributed by atoms with Crippen LogP contribution < -0.4 is 5.32 Å². The summed E-state index contributed by atoms with van der Waals surface area (Å²) >= 11 is 0. The molecular formula is C18H23F2NO3. The molecule has 3 rings (SSSR count). The number of carbonyl (C=O) groups is 1. The standard InChI is InChI=1S/C18H23F2NO3/c19-15-3-1-13(11-16(15)20)2-4-17(22)21-14-5-8-24-18(12-14)6-9-23-10-7-18/h1,3,11,14H,2,4-10,12H2,(H,21,22)/t14-/m1/s1. The summed E-state index contributed by atoms with van der Waals surface area (Å²) in [7, 11) is 0. The number of halogens is 2. The maximum atomic E-state index is 13.2. The van der Waals surface area contributed by atoms with Crippen molar-refractivity contribution in [3.8, 4) is 0 Å². The summed E-state index contributed by atoms with van der Waals surface area (Å²) in [6.45, 7) is 2.06. The zero-order valence-electron chi connectivity index (χ0n) is 13.7. The number of aryl methyl sites for hydroxylation is 1. The Hall–Kier alpha value is -1.53. The number of ether oxygens (including phenoxy) is 2. The first-order valence-electron chi connectivity index (χ1n) is 8.51. The molecule has 0 aliphatic carbocycles. The fourth-order valence-electron chi connectivity index (χ4n) is 3.50. The van der Waals surface area contributed by atoms with Gasteiger partial charge < -0.3 is 14.8 Å². The molecule has 2 fully saturated rings. The highest BCUT2D eigenvalue weighted by Crippen LogP contribution is 2.34. The second kappa shape index (κ2) is 7.57. The maximum Gasteiger partial charge on any atom is 0.220 e. The Balaban J connectivity index is 1.48. The number of carbonyl (C=O) groups excluding carboxylic acids is 1. The molecule has 2 saturated heterocycles. The first-order valence-corrected chi connectivity index (χ1v) is 8.51. The minimum absolute atomic E-state index is 0.0613. The number of rotatable bonds is 4. The lowest BCUT2D eigenvalue weighted by atomic mass is 9.84. The Morgan fingerprint density at radius 1 is 1.21 bits per heavy atom. The molecule has 24 heavy (non-hydrogen) atoms. The van der Waals surface area contributed by atoms with Crippen LogP contribution >= 0.6 is 0 Å². The van der Waals surface area contributed by atoms with Crippen molar-refractivity contribution in [1.82, 2.24) is 5.32 Å². The quantitative estimate of drug-likeness (QED) is 0.918. The van der Waals surface area contributed by atoms with Crippen molar-refractivity contribution in [3.63, 3.8) is 0 Å². The minimum Gasteiger partial charge on any atom is -0.381 e. The van der Waals surface area contributed by atoms with Gasteiger partial charge in [-0.2, -0.15) is 0 Å². The summed E-state index contributed by atoms with van der Waals surface area (Å²) in [5.41, 5.74) is 0.464. The predicted molar refractivity (Wildman–Crippen MR) is 84.6 cm³/mol. The summed E-state index contributed by atoms with van der Waals surface area (Å²) in [6.07, 6.45) is 4.01. The lowest BCUT2D eigenvalue weighted by Gasteiger charge is -2.43. The highest BCUT2D eigenvalue weighted by atomic mass is 19.2. The van der Waals surface area contributed by atoms with Crippen LogP contribution in [0, 0.1) is 11.6 Å². The predicted octanol–water partition coefficient (Wildman–Crippen LogP) is 2.74. The van der Waals surface area contributed by atoms with E-state index in [-0.39, 0.29) is 24.0 Å². The minimum atomic E-state index is -0.876. The monoisotopic (exact) mass is 339 g/mol. The molecule has 1 aromatic carbocycles. The summed E-state index contributed by atoms with van der Waals surface area (Å²) < 4.78 is 37.4. The summed E-state index contributed by atoms with van der Waals surface area (Å²) in [5.74, 6) is -1.81. The van der Waals surface area contributed by atoms with Crippen molar-refractivity contribution in [3.05, 3.63) is 35.4 Å². The Labute approximate surface area is 140 Å². The van der Waals surface area contributed by atoms with Crippen molar-refractivity contribution in [2.45, 2.75) is 50.2 Å². The van der Waals surface area contributed by atoms with Crippen molar-refractivity contribution >= 4 is 5.91 Å². The molecule has 1 N–H and O–H groups in total. The Morgan fingerprint density at radius 2 is 2.00 bits per heavy atom. The summed E-state index contributed by atoms with van der Waals surface area (Å²) in [4.78, 5) is 12.2. The van der Waals surface area contributed by atoms with E-state index >= 15 is 0 Å². The second-order valence-electron chi connectivity index (χ2n) is 6.65. The maximum absolute atomic E-state index is 13.2. The van der Waals surface area contributed by atoms with E-state index in [9.17, 15) is 13.6 Å². The average Bonchev–Trinajstić information content (AvgIpc) is 2.57. The van der Waals surface area contributed by atoms with Gasteiger partial charge in [-0.3, -0.25) is 4.79 Å². The van der Waals surface area contributed by atoms with E-state index in [1.54, 1.807) is 0 Å². The van der Waals surface area contributed by atoms with Crippen LogP contribution in [0.25, 0.3) is 0 Å². The van der Waals surface area contributed by atoms with E-state index in [2.05, 4.69) is 5.32 Å². The van der Waals surface area contributed by atoms with Gasteiger partial charge in [-0.1, -0.05) is 6.07 Å². The van der Waals surface area contributed by atoms with Crippen LogP contribution in [0.1, 0.15) is 37.7 Å². The number of amides is 1. The van der Waals surface area contributed by atoms with Gasteiger partial charge in [0.05, 0.1) is 5.60 Å². The van der Waals surface area contributed by atoms with Crippen LogP contribution in [-0.2, 0) is 20.7 Å². The lowest BCUT2D eigenvalue weighted by Crippen LogP contribution is -2.51. The van der Waals surface area contributed by atoms with Crippen molar-refractivity contribution in [2.75, 3.05) is 19.8 Å². The normalized spacial score (nSPS) is 23.2. The molecule has 4 nitrogen and oxygen atoms in total. The van der Waals surface area contributed by atoms with Gasteiger partial charge in [0.25, 0.3) is 0 Å². The molecule has 1 amide bonds. The largest absolute Gasteiger partial charge is 0.381 e. The zero-order valence-corrected chi connectivity index (χ0v) is 13.7. The average molecular weight is 339 g/mol. The van der Waals surface area contributed by atoms with E-state index in [1.165, 1.54) is 6.07 Å². The highest BCUT2D eigenvalue weighted by Gasteiger charge is 2.39. The molecule has 0 saturated carbocycles. The zero-order chi connectivity index (χ0) is 17.0. The molecule has 1 aromatic rings. The molecule has 0 bridgehead atoms. The number of benzene rings is 1. The van der Waals surface area contributed by atoms with E-state index in [0.29, 0.717) is 31.8 Å². The van der Waals surface area contributed by atoms with E-state index in [1.807, 2.05) is 0 Å². The first-order chi connectivity index (χ1) is 11.6. The summed E-state index contributed by atoms with van der Waals surface area (Å²) in [6, 6.07) is 3.86. The molecule has 1 spiro atoms. The van der Waals surface area contributed by atoms with Gasteiger partial charge in [0.15, 0.2) is 11.6 Å². The Kier molecular flexibility index (Phi) is 5.46. The van der Waals surface area contributed by atoms with Crippen LogP contribution in [0.5, 0.6) is 0 Å². The van der Waals surface area contributed by atoms with Crippen LogP contribution in [0.15, 0.2) is 18.2 Å². The smallest absolute Gasteiger partial charge is 0.220 e. The van der Waals surface area contributed by atoms with Crippen molar-refractivity contribution in [1.29, 1.82) is 0 Å². The van der Waals surface area contributed by atoms with Crippen molar-refractivity contribution < 1.29 is 23.0 Å². The van der Waals surface area contributed by atoms with Crippen LogP contribution in [0.2, 0.25) is 0 Å². The topological polar surface area (TPSA) is 47.6 Å². The van der Waals surface area contributed by atoms with Crippen LogP contribution in [0.3, 0.4) is 0 Å². The first kappa shape index (κ1) is 17.3. The summed E-state index contributed by atoms with van der Waals surface area (Å²) in [5, 5.41) is 3.06. The van der Waals surface area contributed by atoms with Crippen LogP contribution in [0.4, 0.5) is 8.78 Å². The van der Waals surface area contributed by atoms with E-state index in [0.717, 1.165) is 37.8 Å². The third-order valence-corrected chi connectivity index (χ3v) is 4.89. The van der Waals surface area contributed by atoms with Gasteiger partial charge in [-0.25, -0.2) is 8.78 Å². The molecule has 132 valence electrons. The van der Waals surface area contributed by atoms with Gasteiger partial charge in [0, 0.05) is 32.3 Å². The number of nitrogens with one attached hydrogen (secondary N) is 1. The molecule has 2 heterocycles. The fraction of sp³-hybridized carbons (Fsp3) is 0.611. The van der Waals surface area contributed by atoms with Gasteiger partial charge >= 0.3 is 0 Å². The number of hydrogen-bond donors (Lipinski definition) is 1. The Morgan fingerprint density at radius 3 is 2.75 bits per heavy atom. The lowest BCUT2D eigenvalue weighted by molar-refractivity contribution is -0.144. The number of hydrogen-bond acceptors (Lipinski definition) is 3. The van der Waals surface area contributed by atoms with Gasteiger partial charge in [-0.15, -0.1) is 0 Å². The molecule has 6 heteroatoms. The van der Waals surface area contributed by atoms with E-state index in [4.69, 9.17) is 9.47 Å². The Bertz CT molecular complexity index is 582.